The smallest absolute Gasteiger partial charge is 0.284 e. The molecule has 0 saturated heterocycles. The summed E-state index contributed by atoms with van der Waals surface area (Å²) < 4.78 is 17.8. The summed E-state index contributed by atoms with van der Waals surface area (Å²) in [5.74, 6) is -0.317. The molecule has 3 aromatic carbocycles. The van der Waals surface area contributed by atoms with Crippen molar-refractivity contribution in [2.75, 3.05) is 4.43 Å². The van der Waals surface area contributed by atoms with Crippen LogP contribution < -0.4 is 5.69 Å². The van der Waals surface area contributed by atoms with Gasteiger partial charge in [0, 0.05) is 4.43 Å². The molecule has 1 aromatic heterocycles. The fraction of sp³-hybridized carbons (Fsp3) is 0.136. The highest BCUT2D eigenvalue weighted by Gasteiger charge is 2.22. The van der Waals surface area contributed by atoms with Crippen LogP contribution in [0.15, 0.2) is 83.7 Å². The first-order valence-corrected chi connectivity index (χ1v) is 10.3. The fourth-order valence-corrected chi connectivity index (χ4v) is 4.12. The zero-order valence-electron chi connectivity index (χ0n) is 14.6. The first kappa shape index (κ1) is 18.0. The van der Waals surface area contributed by atoms with Crippen LogP contribution in [-0.4, -0.2) is 13.6 Å². The van der Waals surface area contributed by atoms with Gasteiger partial charge in [0.25, 0.3) is 0 Å². The molecule has 0 fully saturated rings. The number of benzene rings is 3. The predicted molar refractivity (Wildman–Crippen MR) is 116 cm³/mol. The van der Waals surface area contributed by atoms with Gasteiger partial charge in [0.2, 0.25) is 0 Å². The van der Waals surface area contributed by atoms with Crippen LogP contribution in [0.4, 0.5) is 4.39 Å². The molecule has 1 atom stereocenters. The van der Waals surface area contributed by atoms with Gasteiger partial charge in [-0.15, -0.1) is 0 Å². The summed E-state index contributed by atoms with van der Waals surface area (Å²) in [5, 5.41) is 0. The molecule has 0 aliphatic rings. The summed E-state index contributed by atoms with van der Waals surface area (Å²) in [6.07, 6.45) is 0.849. The van der Waals surface area contributed by atoms with Gasteiger partial charge in [-0.3, -0.25) is 9.13 Å². The third-order valence-corrected chi connectivity index (χ3v) is 5.37. The summed E-state index contributed by atoms with van der Waals surface area (Å²) in [7, 11) is 0. The first-order chi connectivity index (χ1) is 13.2. The third-order valence-electron chi connectivity index (χ3n) is 4.74. The van der Waals surface area contributed by atoms with Gasteiger partial charge in [-0.25, -0.2) is 9.18 Å². The van der Waals surface area contributed by atoms with Gasteiger partial charge in [-0.2, -0.15) is 0 Å². The average molecular weight is 472 g/mol. The minimum atomic E-state index is -0.317. The van der Waals surface area contributed by atoms with Crippen molar-refractivity contribution in [3.05, 3.63) is 101 Å². The van der Waals surface area contributed by atoms with E-state index in [1.54, 1.807) is 16.7 Å². The number of hydrogen-bond donors (Lipinski definition) is 0. The Morgan fingerprint density at radius 3 is 2.15 bits per heavy atom. The van der Waals surface area contributed by atoms with Gasteiger partial charge in [0.15, 0.2) is 0 Å². The van der Waals surface area contributed by atoms with Gasteiger partial charge in [0.05, 0.1) is 22.8 Å². The molecule has 4 rings (SSSR count). The van der Waals surface area contributed by atoms with E-state index >= 15 is 0 Å². The molecule has 0 N–H and O–H groups in total. The second kappa shape index (κ2) is 7.68. The molecule has 0 radical (unpaired) electrons. The van der Waals surface area contributed by atoms with Crippen molar-refractivity contribution in [1.82, 2.24) is 9.13 Å². The number of imidazole rings is 1. The molecular formula is C22H18FIN2O. The number of nitrogens with zero attached hydrogens (tertiary/aromatic N) is 2. The Morgan fingerprint density at radius 2 is 1.48 bits per heavy atom. The maximum absolute atomic E-state index is 13.5. The Bertz CT molecular complexity index is 1120. The molecule has 3 nitrogen and oxygen atoms in total. The van der Waals surface area contributed by atoms with Gasteiger partial charge in [-0.05, 0) is 48.4 Å². The monoisotopic (exact) mass is 472 g/mol. The van der Waals surface area contributed by atoms with Crippen molar-refractivity contribution < 1.29 is 4.39 Å². The zero-order valence-corrected chi connectivity index (χ0v) is 16.7. The lowest BCUT2D eigenvalue weighted by Gasteiger charge is -2.18. The van der Waals surface area contributed by atoms with Gasteiger partial charge in [-0.1, -0.05) is 65.1 Å². The van der Waals surface area contributed by atoms with Crippen molar-refractivity contribution in [2.45, 2.75) is 12.5 Å². The Morgan fingerprint density at radius 1 is 0.852 bits per heavy atom. The van der Waals surface area contributed by atoms with E-state index in [2.05, 4.69) is 34.7 Å². The van der Waals surface area contributed by atoms with Crippen LogP contribution in [0.3, 0.4) is 0 Å². The number of rotatable bonds is 5. The second-order valence-electron chi connectivity index (χ2n) is 6.36. The van der Waals surface area contributed by atoms with Crippen LogP contribution in [0.5, 0.6) is 0 Å². The van der Waals surface area contributed by atoms with E-state index in [0.717, 1.165) is 27.4 Å². The molecule has 136 valence electrons. The van der Waals surface area contributed by atoms with E-state index < -0.39 is 0 Å². The molecule has 0 amide bonds. The molecule has 0 spiro atoms. The molecule has 0 saturated carbocycles. The quantitative estimate of drug-likeness (QED) is 0.285. The lowest BCUT2D eigenvalue weighted by Crippen LogP contribution is -2.27. The summed E-state index contributed by atoms with van der Waals surface area (Å²) >= 11 is 2.35. The highest BCUT2D eigenvalue weighted by Crippen LogP contribution is 2.27. The van der Waals surface area contributed by atoms with Gasteiger partial charge >= 0.3 is 5.69 Å². The van der Waals surface area contributed by atoms with E-state index in [1.165, 1.54) is 12.1 Å². The summed E-state index contributed by atoms with van der Waals surface area (Å²) in [6.45, 7) is 0. The Kier molecular flexibility index (Phi) is 5.11. The maximum Gasteiger partial charge on any atom is 0.334 e. The van der Waals surface area contributed by atoms with E-state index in [4.69, 9.17) is 0 Å². The van der Waals surface area contributed by atoms with Gasteiger partial charge in [0.1, 0.15) is 5.82 Å². The number of alkyl halides is 1. The molecule has 0 bridgehead atoms. The lowest BCUT2D eigenvalue weighted by atomic mass is 10.0. The molecule has 0 aliphatic heterocycles. The normalized spacial score (nSPS) is 12.4. The van der Waals surface area contributed by atoms with E-state index in [0.29, 0.717) is 5.69 Å². The third kappa shape index (κ3) is 3.32. The molecule has 0 aliphatic carbocycles. The number of fused-ring (bicyclic) bond motifs is 1. The number of para-hydroxylation sites is 2. The summed E-state index contributed by atoms with van der Waals surface area (Å²) in [6, 6.07) is 23.9. The Balaban J connectivity index is 2.00. The predicted octanol–water partition coefficient (Wildman–Crippen LogP) is 5.35. The summed E-state index contributed by atoms with van der Waals surface area (Å²) in [4.78, 5) is 13.5. The second-order valence-corrected chi connectivity index (χ2v) is 7.44. The van der Waals surface area contributed by atoms with Crippen LogP contribution in [0.2, 0.25) is 0 Å². The fourth-order valence-electron chi connectivity index (χ4n) is 3.54. The molecule has 5 heteroatoms. The number of aromatic nitrogens is 2. The van der Waals surface area contributed by atoms with Crippen LogP contribution >= 0.6 is 22.6 Å². The van der Waals surface area contributed by atoms with E-state index in [-0.39, 0.29) is 17.5 Å². The minimum Gasteiger partial charge on any atom is -0.284 e. The van der Waals surface area contributed by atoms with Crippen molar-refractivity contribution in [3.8, 4) is 5.69 Å². The topological polar surface area (TPSA) is 26.9 Å². The van der Waals surface area contributed by atoms with E-state index in [1.807, 2.05) is 47.0 Å². The van der Waals surface area contributed by atoms with Crippen LogP contribution in [-0.2, 0) is 0 Å². The molecule has 27 heavy (non-hydrogen) atoms. The SMILES string of the molecule is O=c1n(-c2ccc(F)cc2)c2ccccc2n1[C@@H](CCI)c1ccccc1. The first-order valence-electron chi connectivity index (χ1n) is 8.79. The average Bonchev–Trinajstić information content (AvgIpc) is 2.99. The largest absolute Gasteiger partial charge is 0.334 e. The summed E-state index contributed by atoms with van der Waals surface area (Å²) in [5.41, 5.74) is 3.37. The van der Waals surface area contributed by atoms with Crippen molar-refractivity contribution in [2.24, 2.45) is 0 Å². The highest BCUT2D eigenvalue weighted by molar-refractivity contribution is 14.1. The lowest BCUT2D eigenvalue weighted by molar-refractivity contribution is 0.566. The Hall–Kier alpha value is -2.41. The van der Waals surface area contributed by atoms with Crippen LogP contribution in [0.1, 0.15) is 18.0 Å². The van der Waals surface area contributed by atoms with Crippen molar-refractivity contribution >= 4 is 33.6 Å². The highest BCUT2D eigenvalue weighted by atomic mass is 127. The molecule has 0 unspecified atom stereocenters. The minimum absolute atomic E-state index is 0.0535. The number of hydrogen-bond acceptors (Lipinski definition) is 1. The molecule has 4 aromatic rings. The molecule has 1 heterocycles. The van der Waals surface area contributed by atoms with Gasteiger partial charge < -0.3 is 0 Å². The molecular weight excluding hydrogens is 454 g/mol. The van der Waals surface area contributed by atoms with E-state index in [9.17, 15) is 9.18 Å². The number of halogens is 2. The maximum atomic E-state index is 13.5. The van der Waals surface area contributed by atoms with Crippen molar-refractivity contribution in [1.29, 1.82) is 0 Å². The van der Waals surface area contributed by atoms with Crippen LogP contribution in [0, 0.1) is 5.82 Å². The zero-order chi connectivity index (χ0) is 18.8. The Labute approximate surface area is 170 Å². The van der Waals surface area contributed by atoms with Crippen molar-refractivity contribution in [3.63, 3.8) is 0 Å². The van der Waals surface area contributed by atoms with Crippen LogP contribution in [0.25, 0.3) is 16.7 Å². The standard InChI is InChI=1S/C22H18FIN2O/c23-17-10-12-18(13-11-17)25-20-8-4-5-9-21(20)26(22(25)27)19(14-15-24)16-6-2-1-3-7-16/h1-13,19H,14-15H2/t19-/m0/s1.